The van der Waals surface area contributed by atoms with Crippen LogP contribution in [0.3, 0.4) is 0 Å². The van der Waals surface area contributed by atoms with Gasteiger partial charge >= 0.3 is 36.5 Å². The van der Waals surface area contributed by atoms with Crippen molar-refractivity contribution >= 4 is 6.96 Å². The molecule has 0 radical (unpaired) electrons. The molecule has 0 aliphatic carbocycles. The summed E-state index contributed by atoms with van der Waals surface area (Å²) >= 11 is 0. The van der Waals surface area contributed by atoms with Crippen LogP contribution in [0.5, 0.6) is 23.0 Å². The predicted octanol–water partition coefficient (Wildman–Crippen LogP) is 6.44. The number of rotatable bonds is 8. The minimum absolute atomic E-state index is 0. The second kappa shape index (κ2) is 13.2. The van der Waals surface area contributed by atoms with Crippen molar-refractivity contribution in [3.8, 4) is 23.0 Å². The average molecular weight is 575 g/mol. The molecule has 0 spiro atoms. The fourth-order valence-electron chi connectivity index (χ4n) is 5.01. The van der Waals surface area contributed by atoms with Gasteiger partial charge in [-0.05, 0) is 174 Å². The van der Waals surface area contributed by atoms with Gasteiger partial charge in [-0.3, -0.25) is 0 Å². The van der Waals surface area contributed by atoms with Crippen molar-refractivity contribution in [2.24, 2.45) is 0 Å². The molecular formula is C36H44BNaO4. The van der Waals surface area contributed by atoms with E-state index in [1.165, 1.54) is 22.3 Å². The maximum Gasteiger partial charge on any atom is 1.00 e. The van der Waals surface area contributed by atoms with E-state index in [2.05, 4.69) is 79.7 Å². The Hall–Kier alpha value is -2.86. The van der Waals surface area contributed by atoms with Gasteiger partial charge in [-0.1, -0.05) is 24.3 Å². The Bertz CT molecular complexity index is 1380. The molecule has 4 aromatic carbocycles. The van der Waals surface area contributed by atoms with Gasteiger partial charge in [-0.25, -0.2) is 0 Å². The Labute approximate surface area is 275 Å². The molecule has 4 aromatic rings. The fourth-order valence-corrected chi connectivity index (χ4v) is 5.01. The minimum Gasteiger partial charge on any atom is -0.611 e. The summed E-state index contributed by atoms with van der Waals surface area (Å²) in [7, 11) is 0. The van der Waals surface area contributed by atoms with E-state index >= 15 is 0 Å². The van der Waals surface area contributed by atoms with E-state index in [9.17, 15) is 0 Å². The van der Waals surface area contributed by atoms with E-state index in [0.29, 0.717) is 23.0 Å². The summed E-state index contributed by atoms with van der Waals surface area (Å²) in [6.07, 6.45) is 0. The Kier molecular flexibility index (Phi) is 10.6. The first-order valence-electron chi connectivity index (χ1n) is 14.4. The van der Waals surface area contributed by atoms with Crippen LogP contribution >= 0.6 is 0 Å². The smallest absolute Gasteiger partial charge is 0.611 e. The van der Waals surface area contributed by atoms with Crippen molar-refractivity contribution in [3.63, 3.8) is 0 Å². The standard InChI is InChI=1S/C36H44BO4.Na/c1-21-13-29(9)33(17-25(21)5)38-37(39-34-18-26(6)22(2)14-30(34)10,40-35-19-27(7)23(3)15-31(35)11)41-36-20-28(8)24(4)16-32(36)12;/h13-20H,1-12H3;/q-1;+1. The monoisotopic (exact) mass is 574 g/mol. The van der Waals surface area contributed by atoms with Crippen molar-refractivity contribution < 1.29 is 48.2 Å². The summed E-state index contributed by atoms with van der Waals surface area (Å²) in [5.41, 5.74) is 13.1. The van der Waals surface area contributed by atoms with E-state index in [1.54, 1.807) is 0 Å². The molecule has 216 valence electrons. The summed E-state index contributed by atoms with van der Waals surface area (Å²) in [6.45, 7) is 21.9. The van der Waals surface area contributed by atoms with Crippen molar-refractivity contribution in [1.29, 1.82) is 0 Å². The summed E-state index contributed by atoms with van der Waals surface area (Å²) in [5, 5.41) is 0. The molecule has 4 nitrogen and oxygen atoms in total. The molecule has 42 heavy (non-hydrogen) atoms. The quantitative estimate of drug-likeness (QED) is 0.227. The maximum atomic E-state index is 6.85. The third-order valence-electron chi connectivity index (χ3n) is 8.25. The predicted molar refractivity (Wildman–Crippen MR) is 171 cm³/mol. The molecule has 4 rings (SSSR count). The van der Waals surface area contributed by atoms with Crippen LogP contribution in [0.2, 0.25) is 0 Å². The van der Waals surface area contributed by atoms with Gasteiger partial charge in [-0.15, -0.1) is 0 Å². The first-order valence-corrected chi connectivity index (χ1v) is 14.4. The summed E-state index contributed by atoms with van der Waals surface area (Å²) in [4.78, 5) is 0. The van der Waals surface area contributed by atoms with Crippen molar-refractivity contribution in [2.75, 3.05) is 0 Å². The zero-order valence-electron chi connectivity index (χ0n) is 27.8. The molecule has 0 aromatic heterocycles. The van der Waals surface area contributed by atoms with Gasteiger partial charge in [0, 0.05) is 0 Å². The third kappa shape index (κ3) is 7.37. The van der Waals surface area contributed by atoms with Gasteiger partial charge in [0.05, 0.1) is 23.0 Å². The molecule has 0 saturated carbocycles. The Morgan fingerprint density at radius 1 is 0.286 bits per heavy atom. The third-order valence-corrected chi connectivity index (χ3v) is 8.25. The van der Waals surface area contributed by atoms with Crippen LogP contribution in [0.4, 0.5) is 0 Å². The molecule has 0 heterocycles. The molecular weight excluding hydrogens is 530 g/mol. The van der Waals surface area contributed by atoms with Crippen LogP contribution in [0.25, 0.3) is 0 Å². The van der Waals surface area contributed by atoms with Crippen molar-refractivity contribution in [1.82, 2.24) is 0 Å². The van der Waals surface area contributed by atoms with E-state index in [0.717, 1.165) is 44.5 Å². The van der Waals surface area contributed by atoms with Crippen LogP contribution in [-0.2, 0) is 0 Å². The van der Waals surface area contributed by atoms with Crippen LogP contribution in [0.1, 0.15) is 66.8 Å². The molecule has 0 aliphatic rings. The summed E-state index contributed by atoms with van der Waals surface area (Å²) in [5.74, 6) is 2.60. The Balaban J connectivity index is 0.00000484. The van der Waals surface area contributed by atoms with Gasteiger partial charge in [0.15, 0.2) is 0 Å². The number of benzene rings is 4. The van der Waals surface area contributed by atoms with Crippen molar-refractivity contribution in [3.05, 3.63) is 115 Å². The van der Waals surface area contributed by atoms with E-state index in [-0.39, 0.29) is 29.6 Å². The molecule has 0 amide bonds. The maximum absolute atomic E-state index is 6.85. The molecule has 0 aliphatic heterocycles. The topological polar surface area (TPSA) is 36.9 Å². The first-order chi connectivity index (χ1) is 19.2. The molecule has 0 unspecified atom stereocenters. The van der Waals surface area contributed by atoms with Gasteiger partial charge in [0.2, 0.25) is 0 Å². The van der Waals surface area contributed by atoms with Crippen LogP contribution in [0.15, 0.2) is 48.5 Å². The molecule has 0 atom stereocenters. The van der Waals surface area contributed by atoms with Gasteiger partial charge in [0.1, 0.15) is 0 Å². The summed E-state index contributed by atoms with van der Waals surface area (Å²) < 4.78 is 27.4. The molecule has 6 heteroatoms. The minimum atomic E-state index is -2.91. The molecule has 0 fully saturated rings. The van der Waals surface area contributed by atoms with E-state index in [1.807, 2.05) is 52.0 Å². The van der Waals surface area contributed by atoms with Gasteiger partial charge < -0.3 is 18.6 Å². The van der Waals surface area contributed by atoms with E-state index < -0.39 is 6.96 Å². The second-order valence-corrected chi connectivity index (χ2v) is 11.9. The van der Waals surface area contributed by atoms with E-state index in [4.69, 9.17) is 18.6 Å². The fraction of sp³-hybridized carbons (Fsp3) is 0.333. The average Bonchev–Trinajstić information content (AvgIpc) is 2.87. The number of aryl methyl sites for hydroxylation is 12. The summed E-state index contributed by atoms with van der Waals surface area (Å²) in [6, 6.07) is 16.6. The second-order valence-electron chi connectivity index (χ2n) is 11.9. The zero-order valence-corrected chi connectivity index (χ0v) is 29.8. The van der Waals surface area contributed by atoms with Crippen LogP contribution in [-0.4, -0.2) is 6.96 Å². The molecule has 0 saturated heterocycles. The molecule has 0 N–H and O–H groups in total. The number of hydrogen-bond acceptors (Lipinski definition) is 4. The number of hydrogen-bond donors (Lipinski definition) is 0. The molecule has 0 bridgehead atoms. The Morgan fingerprint density at radius 2 is 0.452 bits per heavy atom. The largest absolute Gasteiger partial charge is 1.00 e. The normalized spacial score (nSPS) is 11.1. The van der Waals surface area contributed by atoms with Gasteiger partial charge in [0.25, 0.3) is 0 Å². The van der Waals surface area contributed by atoms with Crippen LogP contribution in [0, 0.1) is 83.1 Å². The SMILES string of the molecule is Cc1cc(C)c(O[B-](Oc2cc(C)c(C)cc2C)(Oc2cc(C)c(C)cc2C)Oc2cc(C)c(C)cc2C)cc1C.[Na+]. The first kappa shape index (κ1) is 33.6. The van der Waals surface area contributed by atoms with Crippen molar-refractivity contribution in [2.45, 2.75) is 83.1 Å². The van der Waals surface area contributed by atoms with Crippen LogP contribution < -0.4 is 48.2 Å². The Morgan fingerprint density at radius 3 is 0.643 bits per heavy atom. The van der Waals surface area contributed by atoms with Gasteiger partial charge in [-0.2, -0.15) is 0 Å². The zero-order chi connectivity index (χ0) is 30.2.